The lowest BCUT2D eigenvalue weighted by Crippen LogP contribution is -2.16. The van der Waals surface area contributed by atoms with Gasteiger partial charge in [-0.05, 0) is 55.2 Å². The van der Waals surface area contributed by atoms with Crippen molar-refractivity contribution < 1.29 is 17.9 Å². The fourth-order valence-electron chi connectivity index (χ4n) is 3.65. The van der Waals surface area contributed by atoms with E-state index in [-0.39, 0.29) is 16.2 Å². The van der Waals surface area contributed by atoms with Crippen LogP contribution in [0.4, 0.5) is 0 Å². The maximum absolute atomic E-state index is 12.6. The molecule has 0 radical (unpaired) electrons. The minimum atomic E-state index is -3.46. The summed E-state index contributed by atoms with van der Waals surface area (Å²) in [6, 6.07) is 11.7. The highest BCUT2D eigenvalue weighted by Crippen LogP contribution is 2.41. The molecule has 3 aromatic rings. The lowest BCUT2D eigenvalue weighted by atomic mass is 10.0. The van der Waals surface area contributed by atoms with Crippen LogP contribution in [0.5, 0.6) is 17.2 Å². The molecule has 8 heteroatoms. The first-order valence-electron chi connectivity index (χ1n) is 10.5. The van der Waals surface area contributed by atoms with Crippen LogP contribution < -0.4 is 15.0 Å². The smallest absolute Gasteiger partial charge is 0.254 e. The molecule has 0 amide bonds. The second-order valence-corrected chi connectivity index (χ2v) is 10.4. The number of rotatable bonds is 2. The molecule has 4 rings (SSSR count). The average Bonchev–Trinajstić information content (AvgIpc) is 2.76. The molecule has 0 fully saturated rings. The van der Waals surface area contributed by atoms with E-state index in [9.17, 15) is 13.2 Å². The second kappa shape index (κ2) is 9.00. The molecule has 1 aliphatic rings. The molecule has 0 spiro atoms. The van der Waals surface area contributed by atoms with E-state index >= 15 is 0 Å². The van der Waals surface area contributed by atoms with Crippen molar-refractivity contribution in [3.63, 3.8) is 0 Å². The Morgan fingerprint density at radius 3 is 2.59 bits per heavy atom. The summed E-state index contributed by atoms with van der Waals surface area (Å²) in [6.07, 6.45) is 4.08. The van der Waals surface area contributed by atoms with Crippen molar-refractivity contribution in [1.29, 1.82) is 0 Å². The van der Waals surface area contributed by atoms with Crippen LogP contribution in [0.1, 0.15) is 25.3 Å². The van der Waals surface area contributed by atoms with Gasteiger partial charge in [-0.1, -0.05) is 24.6 Å². The molecule has 0 bridgehead atoms. The zero-order valence-corrected chi connectivity index (χ0v) is 19.5. The number of fused-ring (bicyclic) bond motifs is 4. The lowest BCUT2D eigenvalue weighted by molar-refractivity contribution is 0.306. The zero-order valence-electron chi connectivity index (χ0n) is 17.9. The van der Waals surface area contributed by atoms with Crippen molar-refractivity contribution in [3.8, 4) is 28.4 Å². The van der Waals surface area contributed by atoms with E-state index in [4.69, 9.17) is 21.1 Å². The van der Waals surface area contributed by atoms with Crippen molar-refractivity contribution >= 4 is 21.4 Å². The number of ether oxygens (including phenoxy) is 2. The summed E-state index contributed by atoms with van der Waals surface area (Å²) in [5, 5.41) is 0.550. The monoisotopic (exact) mass is 473 g/mol. The summed E-state index contributed by atoms with van der Waals surface area (Å²) in [4.78, 5) is 12.5. The average molecular weight is 474 g/mol. The molecule has 1 aliphatic heterocycles. The van der Waals surface area contributed by atoms with Gasteiger partial charge in [-0.25, -0.2) is 8.42 Å². The van der Waals surface area contributed by atoms with Gasteiger partial charge in [0.2, 0.25) is 0 Å². The van der Waals surface area contributed by atoms with E-state index in [2.05, 4.69) is 0 Å². The summed E-state index contributed by atoms with van der Waals surface area (Å²) in [6.45, 7) is 2.04. The van der Waals surface area contributed by atoms with Gasteiger partial charge in [0.25, 0.3) is 5.56 Å². The summed E-state index contributed by atoms with van der Waals surface area (Å²) < 4.78 is 38.9. The predicted octanol–water partition coefficient (Wildman–Crippen LogP) is 5.01. The third kappa shape index (κ3) is 4.54. The van der Waals surface area contributed by atoms with Crippen LogP contribution in [0.15, 0.2) is 58.4 Å². The molecular weight excluding hydrogens is 450 g/mol. The van der Waals surface area contributed by atoms with E-state index in [0.717, 1.165) is 24.8 Å². The van der Waals surface area contributed by atoms with E-state index in [1.807, 2.05) is 12.1 Å². The number of halogens is 1. The van der Waals surface area contributed by atoms with Gasteiger partial charge in [0, 0.05) is 35.5 Å². The van der Waals surface area contributed by atoms with Crippen LogP contribution in [-0.2, 0) is 23.3 Å². The van der Waals surface area contributed by atoms with Gasteiger partial charge in [-0.3, -0.25) is 4.79 Å². The van der Waals surface area contributed by atoms with Crippen LogP contribution in [0.3, 0.4) is 0 Å². The van der Waals surface area contributed by atoms with E-state index in [1.165, 1.54) is 16.7 Å². The number of pyridine rings is 1. The zero-order chi connectivity index (χ0) is 22.9. The molecule has 2 heterocycles. The molecule has 2 aromatic carbocycles. The predicted molar refractivity (Wildman–Crippen MR) is 125 cm³/mol. The summed E-state index contributed by atoms with van der Waals surface area (Å²) in [5.74, 6) is 1.45. The Balaban J connectivity index is 1.99. The van der Waals surface area contributed by atoms with Crippen molar-refractivity contribution in [1.82, 2.24) is 4.57 Å². The van der Waals surface area contributed by atoms with E-state index in [0.29, 0.717) is 40.0 Å². The number of nitrogens with zero attached hydrogens (tertiary/aromatic N) is 1. The Bertz CT molecular complexity index is 1330. The van der Waals surface area contributed by atoms with Gasteiger partial charge in [0.15, 0.2) is 9.84 Å². The van der Waals surface area contributed by atoms with Gasteiger partial charge >= 0.3 is 0 Å². The first-order valence-corrected chi connectivity index (χ1v) is 12.5. The number of aromatic nitrogens is 1. The minimum Gasteiger partial charge on any atom is -0.493 e. The second-order valence-electron chi connectivity index (χ2n) is 7.72. The van der Waals surface area contributed by atoms with Gasteiger partial charge in [0.05, 0.1) is 17.3 Å². The lowest BCUT2D eigenvalue weighted by Gasteiger charge is -2.19. The Morgan fingerprint density at radius 2 is 1.81 bits per heavy atom. The van der Waals surface area contributed by atoms with Gasteiger partial charge in [-0.15, -0.1) is 0 Å². The highest BCUT2D eigenvalue weighted by Gasteiger charge is 2.21. The topological polar surface area (TPSA) is 74.6 Å². The van der Waals surface area contributed by atoms with Crippen LogP contribution in [0.25, 0.3) is 11.1 Å². The quantitative estimate of drug-likeness (QED) is 0.523. The number of hydrogen-bond donors (Lipinski definition) is 0. The van der Waals surface area contributed by atoms with Gasteiger partial charge < -0.3 is 14.0 Å². The molecule has 0 saturated heterocycles. The van der Waals surface area contributed by atoms with Crippen LogP contribution in [0, 0.1) is 0 Å². The number of sulfone groups is 1. The molecule has 0 N–H and O–H groups in total. The first-order chi connectivity index (χ1) is 15.3. The maximum Gasteiger partial charge on any atom is 0.254 e. The molecule has 0 saturated carbocycles. The van der Waals surface area contributed by atoms with Crippen LogP contribution in [0.2, 0.25) is 5.02 Å². The van der Waals surface area contributed by atoms with Gasteiger partial charge in [0.1, 0.15) is 17.2 Å². The molecule has 0 unspecified atom stereocenters. The highest BCUT2D eigenvalue weighted by atomic mass is 35.5. The van der Waals surface area contributed by atoms with Crippen LogP contribution >= 0.6 is 11.6 Å². The van der Waals surface area contributed by atoms with Gasteiger partial charge in [-0.2, -0.15) is 0 Å². The fourth-order valence-corrected chi connectivity index (χ4v) is 4.72. The van der Waals surface area contributed by atoms with Crippen molar-refractivity contribution in [2.45, 2.75) is 31.1 Å². The standard InChI is InChI=1S/C24H24ClNO5S/c1-3-32(28,29)18-9-10-21-19(13-18)20-15-26(2)24(27)14-23(20)30-11-5-4-6-16-7-8-17(25)12-22(16)31-21/h7-10,12-15H,3-6,11H2,1-2H3. The van der Waals surface area contributed by atoms with Crippen molar-refractivity contribution in [2.75, 3.05) is 12.4 Å². The van der Waals surface area contributed by atoms with Crippen LogP contribution in [-0.4, -0.2) is 25.3 Å². The number of benzene rings is 2. The van der Waals surface area contributed by atoms with E-state index < -0.39 is 9.84 Å². The molecular formula is C24H24ClNO5S. The third-order valence-corrected chi connectivity index (χ3v) is 7.49. The molecule has 6 nitrogen and oxygen atoms in total. The summed E-state index contributed by atoms with van der Waals surface area (Å²) in [5.41, 5.74) is 1.90. The Morgan fingerprint density at radius 1 is 1.00 bits per heavy atom. The Labute approximate surface area is 192 Å². The van der Waals surface area contributed by atoms with Crippen molar-refractivity contribution in [3.05, 3.63) is 69.6 Å². The minimum absolute atomic E-state index is 0.0261. The molecule has 0 atom stereocenters. The Hall–Kier alpha value is -2.77. The molecule has 0 aliphatic carbocycles. The molecule has 1 aromatic heterocycles. The molecule has 32 heavy (non-hydrogen) atoms. The third-order valence-electron chi connectivity index (χ3n) is 5.52. The normalized spacial score (nSPS) is 14.0. The van der Waals surface area contributed by atoms with Crippen molar-refractivity contribution in [2.24, 2.45) is 7.05 Å². The highest BCUT2D eigenvalue weighted by molar-refractivity contribution is 7.91. The number of aryl methyl sites for hydroxylation is 2. The summed E-state index contributed by atoms with van der Waals surface area (Å²) in [7, 11) is -1.82. The Kier molecular flexibility index (Phi) is 6.31. The fraction of sp³-hybridized carbons (Fsp3) is 0.292. The molecule has 168 valence electrons. The first kappa shape index (κ1) is 22.4. The largest absolute Gasteiger partial charge is 0.493 e. The van der Waals surface area contributed by atoms with E-state index in [1.54, 1.807) is 38.4 Å². The summed E-state index contributed by atoms with van der Waals surface area (Å²) >= 11 is 6.23. The maximum atomic E-state index is 12.6. The SMILES string of the molecule is CCS(=O)(=O)c1ccc2c(c1)-c1cn(C)c(=O)cc1OCCCCc1ccc(Cl)cc1O2. The number of hydrogen-bond acceptors (Lipinski definition) is 5.